The largest absolute Gasteiger partial charge is 0.508 e. The first-order valence-corrected chi connectivity index (χ1v) is 6.19. The van der Waals surface area contributed by atoms with Gasteiger partial charge in [0.25, 0.3) is 0 Å². The van der Waals surface area contributed by atoms with Crippen molar-refractivity contribution in [1.29, 1.82) is 0 Å². The number of hydrogen-bond acceptors (Lipinski definition) is 3. The molecule has 2 aromatic carbocycles. The summed E-state index contributed by atoms with van der Waals surface area (Å²) in [6.45, 7) is 0. The summed E-state index contributed by atoms with van der Waals surface area (Å²) in [5.41, 5.74) is 4.03. The molecule has 0 spiro atoms. The Kier molecular flexibility index (Phi) is 4.62. The van der Waals surface area contributed by atoms with Crippen molar-refractivity contribution in [2.75, 3.05) is 5.32 Å². The van der Waals surface area contributed by atoms with E-state index in [2.05, 4.69) is 15.8 Å². The highest BCUT2D eigenvalue weighted by molar-refractivity contribution is 7.80. The summed E-state index contributed by atoms with van der Waals surface area (Å²) < 4.78 is 12.7. The summed E-state index contributed by atoms with van der Waals surface area (Å²) in [5.74, 6) is -0.141. The number of rotatable bonds is 3. The maximum absolute atomic E-state index is 12.7. The van der Waals surface area contributed by atoms with Crippen LogP contribution in [0.25, 0.3) is 0 Å². The Balaban J connectivity index is 1.87. The number of thiocarbonyl (C=S) groups is 1. The highest BCUT2D eigenvalue weighted by Gasteiger charge is 1.96. The lowest BCUT2D eigenvalue weighted by atomic mass is 10.2. The molecule has 4 nitrogen and oxygen atoms in total. The van der Waals surface area contributed by atoms with E-state index in [0.717, 1.165) is 5.56 Å². The second kappa shape index (κ2) is 6.63. The van der Waals surface area contributed by atoms with E-state index in [9.17, 15) is 9.50 Å². The molecule has 0 fully saturated rings. The molecular weight excluding hydrogens is 277 g/mol. The molecule has 2 rings (SSSR count). The van der Waals surface area contributed by atoms with E-state index >= 15 is 0 Å². The van der Waals surface area contributed by atoms with Crippen LogP contribution in [0.4, 0.5) is 10.1 Å². The van der Waals surface area contributed by atoms with Crippen LogP contribution in [0.2, 0.25) is 0 Å². The molecule has 0 bridgehead atoms. The van der Waals surface area contributed by atoms with Gasteiger partial charge in [-0.15, -0.1) is 0 Å². The van der Waals surface area contributed by atoms with E-state index in [0.29, 0.717) is 5.69 Å². The Hall–Kier alpha value is -2.47. The number of hydrazone groups is 1. The van der Waals surface area contributed by atoms with Crippen LogP contribution >= 0.6 is 12.2 Å². The maximum Gasteiger partial charge on any atom is 0.191 e. The average molecular weight is 289 g/mol. The van der Waals surface area contributed by atoms with Crippen molar-refractivity contribution >= 4 is 29.2 Å². The molecule has 0 radical (unpaired) electrons. The Bertz CT molecular complexity index is 629. The predicted octanol–water partition coefficient (Wildman–Crippen LogP) is 2.85. The SMILES string of the molecule is Oc1cccc(C=NNC(=S)Nc2ccc(F)cc2)c1. The van der Waals surface area contributed by atoms with Crippen LogP contribution in [-0.4, -0.2) is 16.4 Å². The number of nitrogens with one attached hydrogen (secondary N) is 2. The highest BCUT2D eigenvalue weighted by Crippen LogP contribution is 2.09. The molecule has 0 unspecified atom stereocenters. The van der Waals surface area contributed by atoms with Gasteiger partial charge in [-0.3, -0.25) is 5.43 Å². The van der Waals surface area contributed by atoms with Gasteiger partial charge >= 0.3 is 0 Å². The summed E-state index contributed by atoms with van der Waals surface area (Å²) >= 11 is 5.03. The predicted molar refractivity (Wildman–Crippen MR) is 81.5 cm³/mol. The fourth-order valence-electron chi connectivity index (χ4n) is 1.46. The first-order valence-electron chi connectivity index (χ1n) is 5.78. The number of hydrogen-bond donors (Lipinski definition) is 3. The number of phenolic OH excluding ortho intramolecular Hbond substituents is 1. The zero-order chi connectivity index (χ0) is 14.4. The Labute approximate surface area is 121 Å². The molecular formula is C14H12FN3OS. The van der Waals surface area contributed by atoms with Crippen LogP contribution in [0.15, 0.2) is 53.6 Å². The first kappa shape index (κ1) is 14.0. The fourth-order valence-corrected chi connectivity index (χ4v) is 1.63. The number of anilines is 1. The van der Waals surface area contributed by atoms with Gasteiger partial charge in [0.15, 0.2) is 5.11 Å². The number of benzene rings is 2. The van der Waals surface area contributed by atoms with E-state index in [1.807, 2.05) is 0 Å². The quantitative estimate of drug-likeness (QED) is 0.462. The normalized spacial score (nSPS) is 10.4. The topological polar surface area (TPSA) is 56.7 Å². The molecule has 3 N–H and O–H groups in total. The summed E-state index contributed by atoms with van der Waals surface area (Å²) in [5, 5.41) is 16.4. The Morgan fingerprint density at radius 3 is 2.65 bits per heavy atom. The van der Waals surface area contributed by atoms with Gasteiger partial charge in [0.2, 0.25) is 0 Å². The summed E-state index contributed by atoms with van der Waals surface area (Å²) in [4.78, 5) is 0. The van der Waals surface area contributed by atoms with Gasteiger partial charge in [-0.25, -0.2) is 4.39 Å². The molecule has 20 heavy (non-hydrogen) atoms. The Morgan fingerprint density at radius 2 is 1.95 bits per heavy atom. The van der Waals surface area contributed by atoms with Crippen molar-refractivity contribution in [3.05, 3.63) is 59.9 Å². The van der Waals surface area contributed by atoms with Gasteiger partial charge in [0, 0.05) is 5.69 Å². The average Bonchev–Trinajstić information content (AvgIpc) is 2.41. The van der Waals surface area contributed by atoms with Crippen molar-refractivity contribution in [3.63, 3.8) is 0 Å². The molecule has 0 saturated heterocycles. The standard InChI is InChI=1S/C14H12FN3OS/c15-11-4-6-12(7-5-11)17-14(20)18-16-9-10-2-1-3-13(19)8-10/h1-9,19H,(H2,17,18,20). The van der Waals surface area contributed by atoms with Crippen LogP contribution < -0.4 is 10.7 Å². The van der Waals surface area contributed by atoms with E-state index in [4.69, 9.17) is 12.2 Å². The van der Waals surface area contributed by atoms with E-state index in [-0.39, 0.29) is 16.7 Å². The molecule has 0 heterocycles. The molecule has 0 amide bonds. The molecule has 0 atom stereocenters. The molecule has 0 aliphatic rings. The summed E-state index contributed by atoms with van der Waals surface area (Å²) in [6, 6.07) is 12.5. The van der Waals surface area contributed by atoms with Gasteiger partial charge in [-0.1, -0.05) is 12.1 Å². The minimum Gasteiger partial charge on any atom is -0.508 e. The van der Waals surface area contributed by atoms with E-state index in [1.165, 1.54) is 18.3 Å². The third-order valence-electron chi connectivity index (χ3n) is 2.35. The minimum absolute atomic E-state index is 0.168. The van der Waals surface area contributed by atoms with Crippen molar-refractivity contribution in [1.82, 2.24) is 5.43 Å². The Morgan fingerprint density at radius 1 is 1.20 bits per heavy atom. The summed E-state index contributed by atoms with van der Waals surface area (Å²) in [6.07, 6.45) is 1.53. The minimum atomic E-state index is -0.309. The molecule has 102 valence electrons. The smallest absolute Gasteiger partial charge is 0.191 e. The van der Waals surface area contributed by atoms with Gasteiger partial charge in [0.05, 0.1) is 6.21 Å². The van der Waals surface area contributed by atoms with Crippen molar-refractivity contribution in [2.24, 2.45) is 5.10 Å². The molecule has 2 aromatic rings. The van der Waals surface area contributed by atoms with Gasteiger partial charge in [0.1, 0.15) is 11.6 Å². The van der Waals surface area contributed by atoms with Crippen molar-refractivity contribution < 1.29 is 9.50 Å². The van der Waals surface area contributed by atoms with Crippen LogP contribution in [0, 0.1) is 5.82 Å². The second-order valence-corrected chi connectivity index (χ2v) is 4.33. The zero-order valence-electron chi connectivity index (χ0n) is 10.4. The summed E-state index contributed by atoms with van der Waals surface area (Å²) in [7, 11) is 0. The molecule has 0 saturated carbocycles. The van der Waals surface area contributed by atoms with Gasteiger partial charge in [-0.2, -0.15) is 5.10 Å². The zero-order valence-corrected chi connectivity index (χ0v) is 11.2. The first-order chi connectivity index (χ1) is 9.63. The number of nitrogens with zero attached hydrogens (tertiary/aromatic N) is 1. The highest BCUT2D eigenvalue weighted by atomic mass is 32.1. The number of halogens is 1. The van der Waals surface area contributed by atoms with Crippen molar-refractivity contribution in [2.45, 2.75) is 0 Å². The second-order valence-electron chi connectivity index (χ2n) is 3.93. The molecule has 0 aliphatic heterocycles. The van der Waals surface area contributed by atoms with Crippen LogP contribution in [0.1, 0.15) is 5.56 Å². The number of aromatic hydroxyl groups is 1. The monoisotopic (exact) mass is 289 g/mol. The van der Waals surface area contributed by atoms with E-state index < -0.39 is 0 Å². The molecule has 0 aliphatic carbocycles. The van der Waals surface area contributed by atoms with E-state index in [1.54, 1.807) is 36.4 Å². The maximum atomic E-state index is 12.7. The van der Waals surface area contributed by atoms with Gasteiger partial charge in [-0.05, 0) is 54.2 Å². The van der Waals surface area contributed by atoms with Crippen LogP contribution in [-0.2, 0) is 0 Å². The third kappa shape index (κ3) is 4.33. The third-order valence-corrected chi connectivity index (χ3v) is 2.55. The van der Waals surface area contributed by atoms with Gasteiger partial charge < -0.3 is 10.4 Å². The van der Waals surface area contributed by atoms with Crippen LogP contribution in [0.3, 0.4) is 0 Å². The molecule has 0 aromatic heterocycles. The number of phenols is 1. The lowest BCUT2D eigenvalue weighted by Crippen LogP contribution is -2.23. The van der Waals surface area contributed by atoms with Crippen molar-refractivity contribution in [3.8, 4) is 5.75 Å². The van der Waals surface area contributed by atoms with Crippen LogP contribution in [0.5, 0.6) is 5.75 Å². The fraction of sp³-hybridized carbons (Fsp3) is 0. The lowest BCUT2D eigenvalue weighted by molar-refractivity contribution is 0.475. The molecule has 6 heteroatoms. The lowest BCUT2D eigenvalue weighted by Gasteiger charge is -2.06.